The number of rotatable bonds is 2. The summed E-state index contributed by atoms with van der Waals surface area (Å²) in [5.41, 5.74) is 6.98. The Bertz CT molecular complexity index is 488. The minimum Gasteiger partial charge on any atom is -0.339 e. The molecule has 0 N–H and O–H groups in total. The summed E-state index contributed by atoms with van der Waals surface area (Å²) in [5.74, 6) is 0. The van der Waals surface area contributed by atoms with Crippen molar-refractivity contribution in [2.75, 3.05) is 0 Å². The predicted molar refractivity (Wildman–Crippen MR) is 47.4 cm³/mol. The molecule has 1 rings (SSSR count). The predicted octanol–water partition coefficient (Wildman–Crippen LogP) is 0.987. The van der Waals surface area contributed by atoms with Crippen molar-refractivity contribution in [3.63, 3.8) is 0 Å². The maximum atomic E-state index is 11.1. The van der Waals surface area contributed by atoms with E-state index in [0.717, 1.165) is 6.20 Å². The third-order valence-corrected chi connectivity index (χ3v) is 1.94. The molecule has 0 fully saturated rings. The van der Waals surface area contributed by atoms with Crippen molar-refractivity contribution in [2.45, 2.75) is 0 Å². The van der Waals surface area contributed by atoms with Gasteiger partial charge in [0.25, 0.3) is 0 Å². The van der Waals surface area contributed by atoms with Crippen LogP contribution in [-0.4, -0.2) is 14.9 Å². The monoisotopic (exact) mass is 260 g/mol. The van der Waals surface area contributed by atoms with Gasteiger partial charge in [-0.25, -0.2) is 0 Å². The van der Waals surface area contributed by atoms with Crippen molar-refractivity contribution in [1.29, 1.82) is 0 Å². The first-order valence-electron chi connectivity index (χ1n) is 3.05. The molecule has 14 heavy (non-hydrogen) atoms. The van der Waals surface area contributed by atoms with Crippen LogP contribution in [0, 0.1) is 10.1 Å². The van der Waals surface area contributed by atoms with Crippen LogP contribution in [0.15, 0.2) is 20.6 Å². The van der Waals surface area contributed by atoms with E-state index in [9.17, 15) is 14.9 Å². The second-order valence-corrected chi connectivity index (χ2v) is 2.76. The van der Waals surface area contributed by atoms with E-state index in [4.69, 9.17) is 5.53 Å². The molecule has 10 heteroatoms. The quantitative estimate of drug-likeness (QED) is 0.258. The molecular formula is C4HBrN6O3. The zero-order valence-corrected chi connectivity index (χ0v) is 7.95. The maximum absolute atomic E-state index is 11.1. The molecule has 0 spiro atoms. The van der Waals surface area contributed by atoms with Gasteiger partial charge in [0.1, 0.15) is 10.2 Å². The SMILES string of the molecule is [N-]=[N+]=Nc1cnn([N+](=O)[O-])c(=O)c1Br. The molecule has 1 aromatic heterocycles. The van der Waals surface area contributed by atoms with Crippen LogP contribution in [0.1, 0.15) is 0 Å². The normalized spacial score (nSPS) is 9.21. The van der Waals surface area contributed by atoms with Gasteiger partial charge in [-0.05, 0) is 21.5 Å². The zero-order valence-electron chi connectivity index (χ0n) is 6.36. The van der Waals surface area contributed by atoms with Crippen LogP contribution < -0.4 is 5.56 Å². The van der Waals surface area contributed by atoms with E-state index in [1.807, 2.05) is 0 Å². The highest BCUT2D eigenvalue weighted by Crippen LogP contribution is 2.19. The molecule has 0 unspecified atom stereocenters. The molecule has 0 saturated carbocycles. The number of halogens is 1. The van der Waals surface area contributed by atoms with Gasteiger partial charge in [-0.15, -0.1) is 0 Å². The van der Waals surface area contributed by atoms with Gasteiger partial charge in [-0.1, -0.05) is 5.11 Å². The molecule has 1 aromatic rings. The summed E-state index contributed by atoms with van der Waals surface area (Å²) >= 11 is 2.76. The number of aromatic nitrogens is 2. The summed E-state index contributed by atoms with van der Waals surface area (Å²) in [7, 11) is 0. The van der Waals surface area contributed by atoms with Crippen LogP contribution in [0.3, 0.4) is 0 Å². The van der Waals surface area contributed by atoms with E-state index in [-0.39, 0.29) is 15.0 Å². The fourth-order valence-corrected chi connectivity index (χ4v) is 0.990. The minimum atomic E-state index is -1.00. The topological polar surface area (TPSA) is 127 Å². The van der Waals surface area contributed by atoms with Gasteiger partial charge in [-0.3, -0.25) is 4.79 Å². The van der Waals surface area contributed by atoms with Gasteiger partial charge >= 0.3 is 5.56 Å². The van der Waals surface area contributed by atoms with Gasteiger partial charge in [0, 0.05) is 10.0 Å². The van der Waals surface area contributed by atoms with Crippen LogP contribution in [0.5, 0.6) is 0 Å². The molecule has 1 heterocycles. The molecule has 0 aliphatic heterocycles. The van der Waals surface area contributed by atoms with Crippen LogP contribution in [0.2, 0.25) is 0 Å². The Labute approximate surface area is 83.8 Å². The molecule has 0 amide bonds. The highest BCUT2D eigenvalue weighted by atomic mass is 79.9. The van der Waals surface area contributed by atoms with E-state index in [1.54, 1.807) is 0 Å². The maximum Gasteiger partial charge on any atom is 0.348 e. The standard InChI is InChI=1S/C4HBrN6O3/c5-3-2(8-9-6)1-7-10(4(3)12)11(13)14/h1H. The van der Waals surface area contributed by atoms with Gasteiger partial charge in [0.15, 0.2) is 6.20 Å². The summed E-state index contributed by atoms with van der Waals surface area (Å²) in [6.07, 6.45) is 0.911. The fraction of sp³-hybridized carbons (Fsp3) is 0. The van der Waals surface area contributed by atoms with Crippen LogP contribution in [0.25, 0.3) is 10.4 Å². The average Bonchev–Trinajstić information content (AvgIpc) is 2.13. The Kier molecular flexibility index (Phi) is 2.79. The summed E-state index contributed by atoms with van der Waals surface area (Å²) < 4.78 is -0.206. The summed E-state index contributed by atoms with van der Waals surface area (Å²) in [4.78, 5) is 23.8. The smallest absolute Gasteiger partial charge is 0.339 e. The zero-order chi connectivity index (χ0) is 10.7. The highest BCUT2D eigenvalue weighted by molar-refractivity contribution is 9.10. The molecular weight excluding hydrogens is 260 g/mol. The number of hydrogen-bond donors (Lipinski definition) is 0. The molecule has 0 aliphatic carbocycles. The van der Waals surface area contributed by atoms with E-state index in [1.165, 1.54) is 0 Å². The summed E-state index contributed by atoms with van der Waals surface area (Å²) in [5, 5.41) is 15.5. The molecule has 9 nitrogen and oxygen atoms in total. The van der Waals surface area contributed by atoms with Crippen LogP contribution in [-0.2, 0) is 0 Å². The molecule has 0 saturated heterocycles. The number of hydrogen-bond acceptors (Lipinski definition) is 5. The van der Waals surface area contributed by atoms with Crippen molar-refractivity contribution in [2.24, 2.45) is 5.11 Å². The lowest BCUT2D eigenvalue weighted by Crippen LogP contribution is -2.28. The number of nitrogens with zero attached hydrogens (tertiary/aromatic N) is 6. The second kappa shape index (κ2) is 3.85. The van der Waals surface area contributed by atoms with E-state index in [2.05, 4.69) is 31.1 Å². The Morgan fingerprint density at radius 2 is 2.43 bits per heavy atom. The molecule has 0 radical (unpaired) electrons. The Balaban J connectivity index is 3.48. The van der Waals surface area contributed by atoms with Crippen molar-refractivity contribution in [1.82, 2.24) is 9.89 Å². The second-order valence-electron chi connectivity index (χ2n) is 1.97. The van der Waals surface area contributed by atoms with Crippen molar-refractivity contribution >= 4 is 21.6 Å². The molecule has 0 atom stereocenters. The lowest BCUT2D eigenvalue weighted by atomic mass is 10.5. The summed E-state index contributed by atoms with van der Waals surface area (Å²) in [6, 6.07) is 0. The molecule has 0 aromatic carbocycles. The summed E-state index contributed by atoms with van der Waals surface area (Å²) in [6.45, 7) is 0. The first-order chi connectivity index (χ1) is 6.57. The molecule has 0 aliphatic rings. The van der Waals surface area contributed by atoms with Gasteiger partial charge in [-0.2, -0.15) is 0 Å². The van der Waals surface area contributed by atoms with Gasteiger partial charge < -0.3 is 10.1 Å². The molecule has 72 valence electrons. The average molecular weight is 261 g/mol. The van der Waals surface area contributed by atoms with E-state index in [0.29, 0.717) is 0 Å². The first kappa shape index (κ1) is 10.2. The number of nitro groups is 1. The van der Waals surface area contributed by atoms with Crippen molar-refractivity contribution in [3.8, 4) is 0 Å². The Hall–Kier alpha value is -1.93. The Morgan fingerprint density at radius 1 is 1.79 bits per heavy atom. The minimum absolute atomic E-state index is 0.0283. The van der Waals surface area contributed by atoms with E-state index >= 15 is 0 Å². The lowest BCUT2D eigenvalue weighted by molar-refractivity contribution is -0.556. The largest absolute Gasteiger partial charge is 0.348 e. The highest BCUT2D eigenvalue weighted by Gasteiger charge is 2.14. The third-order valence-electron chi connectivity index (χ3n) is 1.19. The van der Waals surface area contributed by atoms with Crippen LogP contribution in [0.4, 0.5) is 5.69 Å². The third kappa shape index (κ3) is 1.70. The number of azide groups is 1. The van der Waals surface area contributed by atoms with Gasteiger partial charge in [0.2, 0.25) is 0 Å². The van der Waals surface area contributed by atoms with Gasteiger partial charge in [0.05, 0.1) is 9.82 Å². The fourth-order valence-electron chi connectivity index (χ4n) is 0.650. The Morgan fingerprint density at radius 3 is 2.93 bits per heavy atom. The lowest BCUT2D eigenvalue weighted by Gasteiger charge is -1.95. The van der Waals surface area contributed by atoms with Crippen molar-refractivity contribution < 1.29 is 5.03 Å². The molecule has 0 bridgehead atoms. The first-order valence-corrected chi connectivity index (χ1v) is 3.85. The van der Waals surface area contributed by atoms with E-state index < -0.39 is 10.6 Å². The van der Waals surface area contributed by atoms with Crippen LogP contribution >= 0.6 is 15.9 Å². The van der Waals surface area contributed by atoms with Crippen molar-refractivity contribution in [3.05, 3.63) is 41.6 Å².